The molecule has 28 heavy (non-hydrogen) atoms. The van der Waals surface area contributed by atoms with Gasteiger partial charge < -0.3 is 24.6 Å². The van der Waals surface area contributed by atoms with E-state index in [1.807, 2.05) is 0 Å². The summed E-state index contributed by atoms with van der Waals surface area (Å²) in [6.45, 7) is 9.46. The Bertz CT molecular complexity index is 615. The van der Waals surface area contributed by atoms with Crippen molar-refractivity contribution in [3.8, 4) is 0 Å². The molecule has 162 valence electrons. The summed E-state index contributed by atoms with van der Waals surface area (Å²) in [7, 11) is -4.74. The predicted octanol–water partition coefficient (Wildman–Crippen LogP) is 1.77. The quantitative estimate of drug-likeness (QED) is 0.188. The number of esters is 2. The predicted molar refractivity (Wildman–Crippen MR) is 103 cm³/mol. The Balaban J connectivity index is 6.52. The Labute approximate surface area is 166 Å². The highest BCUT2D eigenvalue weighted by Crippen LogP contribution is 2.62. The van der Waals surface area contributed by atoms with E-state index in [2.05, 4.69) is 5.32 Å². The van der Waals surface area contributed by atoms with E-state index in [0.717, 1.165) is 0 Å². The molecule has 0 spiro atoms. The van der Waals surface area contributed by atoms with E-state index in [9.17, 15) is 28.7 Å². The van der Waals surface area contributed by atoms with Crippen molar-refractivity contribution in [1.82, 2.24) is 5.32 Å². The standard InChI is InChI=1S/C18H32NO8P/c1-7-26-17(22)16(19-11-20)10-15(8-9-27-14(6)21)18(12(2)3,13(4)5)28(23,24)25/h10-13,16H,7-9H2,1-6H3,(H,19,20)(H2,23,24,25). The van der Waals surface area contributed by atoms with E-state index in [1.54, 1.807) is 34.6 Å². The van der Waals surface area contributed by atoms with Gasteiger partial charge in [-0.15, -0.1) is 0 Å². The second-order valence-electron chi connectivity index (χ2n) is 6.97. The summed E-state index contributed by atoms with van der Waals surface area (Å²) in [5.41, 5.74) is 0.222. The third-order valence-electron chi connectivity index (χ3n) is 4.59. The van der Waals surface area contributed by atoms with Crippen molar-refractivity contribution in [2.75, 3.05) is 13.2 Å². The lowest BCUT2D eigenvalue weighted by Gasteiger charge is -2.44. The molecule has 3 N–H and O–H groups in total. The summed E-state index contributed by atoms with van der Waals surface area (Å²) in [5, 5.41) is 0.683. The molecule has 1 unspecified atom stereocenters. The summed E-state index contributed by atoms with van der Waals surface area (Å²) in [6, 6.07) is -1.23. The van der Waals surface area contributed by atoms with Crippen LogP contribution in [0, 0.1) is 11.8 Å². The van der Waals surface area contributed by atoms with Gasteiger partial charge >= 0.3 is 19.5 Å². The lowest BCUT2D eigenvalue weighted by Crippen LogP contribution is -2.45. The van der Waals surface area contributed by atoms with E-state index in [1.165, 1.54) is 13.0 Å². The van der Waals surface area contributed by atoms with Crippen molar-refractivity contribution in [3.63, 3.8) is 0 Å². The fourth-order valence-electron chi connectivity index (χ4n) is 3.68. The van der Waals surface area contributed by atoms with Gasteiger partial charge in [-0.1, -0.05) is 33.8 Å². The molecular weight excluding hydrogens is 389 g/mol. The summed E-state index contributed by atoms with van der Waals surface area (Å²) in [5.74, 6) is -2.33. The van der Waals surface area contributed by atoms with Crippen LogP contribution in [0.4, 0.5) is 0 Å². The first kappa shape index (κ1) is 26.3. The van der Waals surface area contributed by atoms with Gasteiger partial charge in [0.25, 0.3) is 0 Å². The molecule has 0 aromatic heterocycles. The second-order valence-corrected chi connectivity index (χ2v) is 8.80. The fraction of sp³-hybridized carbons (Fsp3) is 0.722. The average Bonchev–Trinajstić information content (AvgIpc) is 2.52. The SMILES string of the molecule is CCOC(=O)C(C=C(CCOC(C)=O)C(C(C)C)(C(C)C)P(=O)(O)O)NC=O. The molecule has 0 radical (unpaired) electrons. The summed E-state index contributed by atoms with van der Waals surface area (Å²) < 4.78 is 22.5. The van der Waals surface area contributed by atoms with Crippen LogP contribution in [0.25, 0.3) is 0 Å². The Morgan fingerprint density at radius 2 is 1.68 bits per heavy atom. The van der Waals surface area contributed by atoms with Gasteiger partial charge in [0.2, 0.25) is 6.41 Å². The van der Waals surface area contributed by atoms with Crippen LogP contribution in [0.3, 0.4) is 0 Å². The summed E-state index contributed by atoms with van der Waals surface area (Å²) >= 11 is 0. The van der Waals surface area contributed by atoms with Gasteiger partial charge in [0.15, 0.2) is 0 Å². The minimum absolute atomic E-state index is 0.0164. The van der Waals surface area contributed by atoms with Crippen molar-refractivity contribution < 1.29 is 38.2 Å². The van der Waals surface area contributed by atoms with E-state index in [4.69, 9.17) is 9.47 Å². The van der Waals surface area contributed by atoms with E-state index < -0.39 is 42.6 Å². The molecule has 0 rings (SSSR count). The Morgan fingerprint density at radius 1 is 1.14 bits per heavy atom. The molecular formula is C18H32NO8P. The number of rotatable bonds is 12. The number of amides is 1. The van der Waals surface area contributed by atoms with Crippen molar-refractivity contribution >= 4 is 25.9 Å². The van der Waals surface area contributed by atoms with Gasteiger partial charge in [-0.05, 0) is 24.3 Å². The number of ether oxygens (including phenoxy) is 2. The largest absolute Gasteiger partial charge is 0.466 e. The van der Waals surface area contributed by atoms with Crippen molar-refractivity contribution in [1.29, 1.82) is 0 Å². The number of carbonyl (C=O) groups is 3. The van der Waals surface area contributed by atoms with Crippen LogP contribution in [0.5, 0.6) is 0 Å². The van der Waals surface area contributed by atoms with E-state index in [-0.39, 0.29) is 25.2 Å². The highest BCUT2D eigenvalue weighted by Gasteiger charge is 2.54. The Morgan fingerprint density at radius 3 is 2.04 bits per heavy atom. The van der Waals surface area contributed by atoms with Crippen molar-refractivity contribution in [2.45, 2.75) is 59.2 Å². The maximum Gasteiger partial charge on any atom is 0.336 e. The first-order valence-corrected chi connectivity index (χ1v) is 10.7. The molecule has 0 bridgehead atoms. The second kappa shape index (κ2) is 11.3. The van der Waals surface area contributed by atoms with Crippen LogP contribution in [0.1, 0.15) is 48.0 Å². The summed E-state index contributed by atoms with van der Waals surface area (Å²) in [6.07, 6.45) is 1.60. The third kappa shape index (κ3) is 6.43. The third-order valence-corrected chi connectivity index (χ3v) is 6.87. The van der Waals surface area contributed by atoms with E-state index >= 15 is 0 Å². The van der Waals surface area contributed by atoms with Crippen LogP contribution in [-0.2, 0) is 28.4 Å². The van der Waals surface area contributed by atoms with Gasteiger partial charge in [0, 0.05) is 13.3 Å². The topological polar surface area (TPSA) is 139 Å². The molecule has 0 aliphatic rings. The first-order valence-electron chi connectivity index (χ1n) is 9.12. The molecule has 0 aromatic rings. The van der Waals surface area contributed by atoms with Crippen LogP contribution >= 0.6 is 7.60 Å². The van der Waals surface area contributed by atoms with Crippen molar-refractivity contribution in [3.05, 3.63) is 11.6 Å². The molecule has 0 aromatic carbocycles. The van der Waals surface area contributed by atoms with E-state index in [0.29, 0.717) is 6.41 Å². The maximum atomic E-state index is 12.6. The molecule has 0 fully saturated rings. The molecule has 9 nitrogen and oxygen atoms in total. The number of hydrogen-bond acceptors (Lipinski definition) is 6. The maximum absolute atomic E-state index is 12.6. The molecule has 0 aliphatic carbocycles. The van der Waals surface area contributed by atoms with Crippen LogP contribution in [-0.4, -0.2) is 52.5 Å². The number of nitrogens with one attached hydrogen (secondary N) is 1. The summed E-state index contributed by atoms with van der Waals surface area (Å²) in [4.78, 5) is 54.9. The van der Waals surface area contributed by atoms with Crippen LogP contribution < -0.4 is 5.32 Å². The van der Waals surface area contributed by atoms with Gasteiger partial charge in [0.05, 0.1) is 18.4 Å². The first-order chi connectivity index (χ1) is 12.9. The van der Waals surface area contributed by atoms with Crippen molar-refractivity contribution in [2.24, 2.45) is 11.8 Å². The van der Waals surface area contributed by atoms with Gasteiger partial charge in [-0.2, -0.15) is 0 Å². The highest BCUT2D eigenvalue weighted by molar-refractivity contribution is 7.54. The molecule has 0 saturated heterocycles. The monoisotopic (exact) mass is 421 g/mol. The van der Waals surface area contributed by atoms with Gasteiger partial charge in [-0.3, -0.25) is 14.2 Å². The number of carbonyl (C=O) groups excluding carboxylic acids is 3. The Kier molecular flexibility index (Phi) is 10.6. The highest BCUT2D eigenvalue weighted by atomic mass is 31.2. The minimum Gasteiger partial charge on any atom is -0.466 e. The zero-order chi connectivity index (χ0) is 22.1. The molecule has 0 aliphatic heterocycles. The molecule has 10 heteroatoms. The lowest BCUT2D eigenvalue weighted by molar-refractivity contribution is -0.145. The molecule has 1 amide bonds. The fourth-order valence-corrected chi connectivity index (χ4v) is 5.59. The number of hydrogen-bond donors (Lipinski definition) is 3. The lowest BCUT2D eigenvalue weighted by atomic mass is 9.76. The van der Waals surface area contributed by atoms with Gasteiger partial charge in [-0.25, -0.2) is 4.79 Å². The molecule has 0 heterocycles. The Hall–Kier alpha value is -1.70. The molecule has 0 saturated carbocycles. The smallest absolute Gasteiger partial charge is 0.336 e. The van der Waals surface area contributed by atoms with Crippen LogP contribution in [0.2, 0.25) is 0 Å². The zero-order valence-electron chi connectivity index (χ0n) is 17.3. The normalized spacial score (nSPS) is 14.0. The minimum atomic E-state index is -4.74. The van der Waals surface area contributed by atoms with Gasteiger partial charge in [0.1, 0.15) is 6.04 Å². The van der Waals surface area contributed by atoms with Crippen LogP contribution in [0.15, 0.2) is 11.6 Å². The molecule has 1 atom stereocenters. The average molecular weight is 421 g/mol. The zero-order valence-corrected chi connectivity index (χ0v) is 18.2.